The molecule has 0 saturated heterocycles. The van der Waals surface area contributed by atoms with Crippen LogP contribution in [-0.4, -0.2) is 19.9 Å². The molecule has 1 aliphatic carbocycles. The standard InChI is InChI=1S/C25H25N2.C23H22N3O.3C21H18N3O/c1-15(2)20-11-17(4)27(5)23(13-20)24-16(3)9-10-21-22(24)12-18-7-6-8-19(14-26)25(18)21;1-13(2)16-10-15(4)26(5)20(11-16)21-14(3)6-8-18-19-9-7-17(12-24)25-23(19)27-22(18)21;1-12-9-14(3)24(4)18(10-12)19-13(2)5-7-16-17-8-6-15(11-22)23-21(17)25-20(16)19;1-12-7-14(3)24(4)18(8-12)19-13(2)5-6-16-17-9-15(10-22)11-23-21(17)25-20(16)19;1-12-9-14(3)24(4)17(10-12)18-13(2)5-6-16-19-15(11-22)7-8-23-21(19)25-20(16)18/h6-11,13,15H,12H2,1-5H3;6-11,13H,1-5H3;5-10H,1-4H3;5-9,11H,1-4H3;5-10H,1-4H3/q5*+1/i1D3,2D3,15D;1D3,2D3,10D,11D,13D;3*1D3. The average Bonchev–Trinajstić information content (AvgIpc) is 0.917. The van der Waals surface area contributed by atoms with Crippen LogP contribution in [0.4, 0.5) is 0 Å². The van der Waals surface area contributed by atoms with Gasteiger partial charge in [-0.25, -0.2) is 19.9 Å². The van der Waals surface area contributed by atoms with Crippen molar-refractivity contribution < 1.29 is 74.8 Å². The lowest BCUT2D eigenvalue weighted by Gasteiger charge is -2.14. The van der Waals surface area contributed by atoms with Gasteiger partial charge in [0.2, 0.25) is 51.3 Å². The predicted molar refractivity (Wildman–Crippen MR) is 507 cm³/mol. The Bertz CT molecular complexity index is 9200. The number of benzene rings is 6. The number of hydrogen-bond acceptors (Lipinski definition) is 13. The van der Waals surface area contributed by atoms with Crippen molar-refractivity contribution in [2.45, 2.75) is 135 Å². The molecular weight excluding hydrogens is 1590 g/mol. The summed E-state index contributed by atoms with van der Waals surface area (Å²) in [5, 5.41) is 52.6. The van der Waals surface area contributed by atoms with Crippen molar-refractivity contribution in [2.24, 2.45) is 35.2 Å². The van der Waals surface area contributed by atoms with E-state index in [1.165, 1.54) is 29.8 Å². The summed E-state index contributed by atoms with van der Waals surface area (Å²) in [6, 6.07) is 57.7. The van der Waals surface area contributed by atoms with E-state index in [0.29, 0.717) is 101 Å². The molecule has 1 aliphatic rings. The Labute approximate surface area is 786 Å². The van der Waals surface area contributed by atoms with E-state index < -0.39 is 77.4 Å². The maximum Gasteiger partial charge on any atom is 0.228 e. The van der Waals surface area contributed by atoms with Crippen molar-refractivity contribution in [3.8, 4) is 97.8 Å². The third-order valence-electron chi connectivity index (χ3n) is 24.2. The van der Waals surface area contributed by atoms with Crippen molar-refractivity contribution in [3.63, 3.8) is 0 Å². The molecule has 0 spiro atoms. The van der Waals surface area contributed by atoms with Gasteiger partial charge < -0.3 is 17.7 Å². The second kappa shape index (κ2) is 34.7. The van der Waals surface area contributed by atoms with Crippen molar-refractivity contribution in [2.75, 3.05) is 0 Å². The fraction of sp³-hybridized carbons (Fsp3) is 0.225. The zero-order valence-electron chi connectivity index (χ0n) is 98.3. The quantitative estimate of drug-likeness (QED) is 0.135. The first-order valence-electron chi connectivity index (χ1n) is 53.5. The van der Waals surface area contributed by atoms with Gasteiger partial charge in [0.15, 0.2) is 50.8 Å². The summed E-state index contributed by atoms with van der Waals surface area (Å²) in [5.41, 5.74) is 24.0. The molecule has 0 fully saturated rings. The summed E-state index contributed by atoms with van der Waals surface area (Å²) in [5.74, 6) is -6.00. The molecular formula is C111H101N14O4+5. The highest BCUT2D eigenvalue weighted by Gasteiger charge is 2.32. The number of nitrogens with zero attached hydrogens (tertiary/aromatic N) is 14. The van der Waals surface area contributed by atoms with E-state index in [2.05, 4.69) is 38.1 Å². The highest BCUT2D eigenvalue weighted by Crippen LogP contribution is 2.47. The second-order valence-corrected chi connectivity index (χ2v) is 32.2. The summed E-state index contributed by atoms with van der Waals surface area (Å²) in [6.45, 7) is -0.941. The molecule has 0 aliphatic heterocycles. The Morgan fingerprint density at radius 3 is 1.30 bits per heavy atom. The SMILES string of the molecule is [2H]C([2H])([2H])C([2H])(c1cc(C)[n+](C)c(-c2c(C)ccc3c2Cc2cccc(C#N)c2-3)c1)C([2H])([2H])[2H].[2H]C([2H])([2H])c1cc(C)[n+](C)c(-c2c(C)ccc3c2oc2nc(C#N)ccc23)c1.[2H]C([2H])([2H])c1cc(C)[n+](C)c(-c2c(C)ccc3c2oc2ncc(C#N)cc23)c1.[2H]C([2H])([2H])c1cc(C)[n+](C)c(-c2c(C)ccc3c2oc2nccc(C#N)c23)c1.[2H]c1c(C([2H])(C([2H])([2H])[2H])C([2H])([2H])[2H])c([2H])c(-c2c(C)ccc3c2oc2nc(C#N)ccc23)[n+](C)c1C. The summed E-state index contributed by atoms with van der Waals surface area (Å²) in [7, 11) is 9.12. The lowest BCUT2D eigenvalue weighted by Crippen LogP contribution is -2.35. The van der Waals surface area contributed by atoms with E-state index in [4.69, 9.17) is 57.2 Å². The molecule has 0 N–H and O–H groups in total. The van der Waals surface area contributed by atoms with Crippen LogP contribution in [0.2, 0.25) is 0 Å². The Morgan fingerprint density at radius 1 is 0.372 bits per heavy atom. The first-order chi connectivity index (χ1) is 71.9. The first kappa shape index (κ1) is 60.8. The zero-order valence-corrected chi connectivity index (χ0v) is 73.3. The van der Waals surface area contributed by atoms with E-state index in [9.17, 15) is 21.0 Å². The topological polar surface area (TPSA) is 242 Å². The highest BCUT2D eigenvalue weighted by atomic mass is 16.4. The van der Waals surface area contributed by atoms with Gasteiger partial charge in [0, 0.05) is 182 Å². The summed E-state index contributed by atoms with van der Waals surface area (Å²) in [4.78, 5) is 17.0. The van der Waals surface area contributed by atoms with Gasteiger partial charge in [-0.3, -0.25) is 0 Å². The molecule has 6 aromatic carbocycles. The van der Waals surface area contributed by atoms with Gasteiger partial charge in [-0.1, -0.05) is 100 Å². The number of furan rings is 4. The monoisotopic (exact) mass is 1720 g/mol. The lowest BCUT2D eigenvalue weighted by molar-refractivity contribution is -0.666. The third kappa shape index (κ3) is 15.8. The maximum atomic E-state index is 9.65. The van der Waals surface area contributed by atoms with Gasteiger partial charge in [-0.05, 0) is 188 Å². The van der Waals surface area contributed by atoms with Crippen LogP contribution in [0.15, 0.2) is 206 Å². The number of pyridine rings is 9. The number of rotatable bonds is 7. The highest BCUT2D eigenvalue weighted by molar-refractivity contribution is 6.13. The van der Waals surface area contributed by atoms with Crippen LogP contribution in [0, 0.1) is 146 Å². The molecule has 0 bridgehead atoms. The average molecular weight is 1720 g/mol. The van der Waals surface area contributed by atoms with Gasteiger partial charge in [0.05, 0.1) is 58.7 Å². The molecule has 129 heavy (non-hydrogen) atoms. The van der Waals surface area contributed by atoms with Gasteiger partial charge in [-0.15, -0.1) is 0 Å². The van der Waals surface area contributed by atoms with E-state index in [1.807, 2.05) is 174 Å². The van der Waals surface area contributed by atoms with E-state index in [0.717, 1.165) is 128 Å². The smallest absolute Gasteiger partial charge is 0.228 e. The number of fused-ring (bicyclic) bond motifs is 15. The Morgan fingerprint density at radius 2 is 0.806 bits per heavy atom. The van der Waals surface area contributed by atoms with Crippen LogP contribution in [-0.2, 0) is 41.7 Å². The molecule has 13 aromatic heterocycles. The largest absolute Gasteiger partial charge is 0.437 e. The van der Waals surface area contributed by atoms with Gasteiger partial charge in [0.25, 0.3) is 0 Å². The summed E-state index contributed by atoms with van der Waals surface area (Å²) < 4.78 is 234. The second-order valence-electron chi connectivity index (χ2n) is 32.2. The molecule has 18 heteroatoms. The van der Waals surface area contributed by atoms with E-state index in [1.54, 1.807) is 112 Å². The van der Waals surface area contributed by atoms with Crippen LogP contribution in [0.5, 0.6) is 0 Å². The normalized spacial score (nSPS) is 15.1. The number of hydrogen-bond donors (Lipinski definition) is 0. The summed E-state index contributed by atoms with van der Waals surface area (Å²) in [6.07, 6.45) is 3.64. The van der Waals surface area contributed by atoms with Crippen molar-refractivity contribution in [1.29, 1.82) is 26.3 Å². The molecule has 0 radical (unpaired) electrons. The molecule has 18 nitrogen and oxygen atoms in total. The molecule has 13 heterocycles. The van der Waals surface area contributed by atoms with Gasteiger partial charge >= 0.3 is 0 Å². The van der Waals surface area contributed by atoms with Crippen LogP contribution in [0.1, 0.15) is 197 Å². The molecule has 0 saturated carbocycles. The van der Waals surface area contributed by atoms with Crippen LogP contribution in [0.3, 0.4) is 0 Å². The number of aryl methyl sites for hydroxylation is 12. The fourth-order valence-electron chi connectivity index (χ4n) is 17.1. The molecule has 634 valence electrons. The van der Waals surface area contributed by atoms with Crippen molar-refractivity contribution in [3.05, 3.63) is 312 Å². The van der Waals surface area contributed by atoms with Crippen molar-refractivity contribution >= 4 is 88.3 Å². The predicted octanol–water partition coefficient (Wildman–Crippen LogP) is 23.3. The number of nitriles is 5. The summed E-state index contributed by atoms with van der Waals surface area (Å²) >= 11 is 0. The Balaban J connectivity index is 0.000000137. The molecule has 19 aromatic rings. The molecule has 0 atom stereocenters. The Hall–Kier alpha value is -15.7. The fourth-order valence-corrected chi connectivity index (χ4v) is 17.1. The number of aromatic nitrogens is 9. The minimum absolute atomic E-state index is 0.0664. The van der Waals surface area contributed by atoms with Gasteiger partial charge in [-0.2, -0.15) is 49.1 Å². The maximum absolute atomic E-state index is 9.65. The molecule has 0 unspecified atom stereocenters. The molecule has 0 amide bonds. The minimum atomic E-state index is -3.36. The third-order valence-corrected chi connectivity index (χ3v) is 24.2. The van der Waals surface area contributed by atoms with Crippen molar-refractivity contribution in [1.82, 2.24) is 19.9 Å². The lowest BCUT2D eigenvalue weighted by atomic mass is 9.91. The Kier molecular flexibility index (Phi) is 16.4. The van der Waals surface area contributed by atoms with Crippen LogP contribution >= 0.6 is 0 Å². The van der Waals surface area contributed by atoms with E-state index >= 15 is 0 Å². The zero-order chi connectivity index (χ0) is 113. The first-order valence-corrected chi connectivity index (χ1v) is 41.0. The van der Waals surface area contributed by atoms with Gasteiger partial charge in [0.1, 0.15) is 70.9 Å². The molecule has 20 rings (SSSR count). The minimum Gasteiger partial charge on any atom is -0.437 e. The van der Waals surface area contributed by atoms with Crippen LogP contribution < -0.4 is 22.8 Å². The van der Waals surface area contributed by atoms with E-state index in [-0.39, 0.29) is 50.7 Å². The van der Waals surface area contributed by atoms with Crippen LogP contribution in [0.25, 0.3) is 156 Å².